The second-order valence-corrected chi connectivity index (χ2v) is 7.80. The minimum absolute atomic E-state index is 0.0136. The SMILES string of the molecule is O=[C]CC[C@H](NC(=O)CCCCCCCCCCCCCCCCC=O)C(=O)O. The molecule has 167 valence electrons. The largest absolute Gasteiger partial charge is 0.480 e. The van der Waals surface area contributed by atoms with E-state index in [9.17, 15) is 19.2 Å². The summed E-state index contributed by atoms with van der Waals surface area (Å²) in [6.45, 7) is 0. The molecule has 0 spiro atoms. The van der Waals surface area contributed by atoms with E-state index in [1.54, 1.807) is 6.29 Å². The molecule has 0 bridgehead atoms. The molecule has 0 aromatic rings. The van der Waals surface area contributed by atoms with Crippen LogP contribution in [0.5, 0.6) is 0 Å². The number of unbranched alkanes of at least 4 members (excludes halogenated alkanes) is 14. The number of carbonyl (C=O) groups excluding carboxylic acids is 3. The number of nitrogens with one attached hydrogen (secondary N) is 1. The second kappa shape index (κ2) is 21.0. The van der Waals surface area contributed by atoms with Crippen LogP contribution >= 0.6 is 0 Å². The van der Waals surface area contributed by atoms with Crippen molar-refractivity contribution < 1.29 is 24.3 Å². The number of aliphatic carboxylic acids is 1. The van der Waals surface area contributed by atoms with Crippen LogP contribution in [0.1, 0.15) is 116 Å². The Labute approximate surface area is 176 Å². The van der Waals surface area contributed by atoms with Gasteiger partial charge in [0.15, 0.2) is 6.29 Å². The predicted octanol–water partition coefficient (Wildman–Crippen LogP) is 4.89. The molecule has 29 heavy (non-hydrogen) atoms. The molecule has 6 nitrogen and oxygen atoms in total. The fourth-order valence-electron chi connectivity index (χ4n) is 3.36. The van der Waals surface area contributed by atoms with Gasteiger partial charge in [0, 0.05) is 19.3 Å². The molecule has 0 unspecified atom stereocenters. The third kappa shape index (κ3) is 19.4. The van der Waals surface area contributed by atoms with Gasteiger partial charge in [-0.3, -0.25) is 9.59 Å². The molecule has 1 atom stereocenters. The molecule has 0 aliphatic rings. The molecule has 0 rings (SSSR count). The highest BCUT2D eigenvalue weighted by Crippen LogP contribution is 2.13. The molecule has 0 aromatic heterocycles. The summed E-state index contributed by atoms with van der Waals surface area (Å²) >= 11 is 0. The van der Waals surface area contributed by atoms with E-state index in [1.807, 2.05) is 0 Å². The smallest absolute Gasteiger partial charge is 0.326 e. The van der Waals surface area contributed by atoms with Crippen LogP contribution in [0.3, 0.4) is 0 Å². The lowest BCUT2D eigenvalue weighted by Crippen LogP contribution is -2.40. The van der Waals surface area contributed by atoms with Crippen molar-refractivity contribution in [2.45, 2.75) is 122 Å². The van der Waals surface area contributed by atoms with Crippen molar-refractivity contribution in [3.8, 4) is 0 Å². The van der Waals surface area contributed by atoms with Crippen molar-refractivity contribution in [2.75, 3.05) is 0 Å². The Kier molecular flexibility index (Phi) is 19.8. The zero-order chi connectivity index (χ0) is 21.6. The first-order valence-electron chi connectivity index (χ1n) is 11.4. The van der Waals surface area contributed by atoms with Gasteiger partial charge in [0.25, 0.3) is 0 Å². The van der Waals surface area contributed by atoms with Crippen LogP contribution in [0.25, 0.3) is 0 Å². The highest BCUT2D eigenvalue weighted by Gasteiger charge is 2.18. The first kappa shape index (κ1) is 27.3. The Morgan fingerprint density at radius 1 is 0.793 bits per heavy atom. The van der Waals surface area contributed by atoms with Gasteiger partial charge in [-0.15, -0.1) is 0 Å². The van der Waals surface area contributed by atoms with Gasteiger partial charge in [-0.05, 0) is 19.3 Å². The summed E-state index contributed by atoms with van der Waals surface area (Å²) in [4.78, 5) is 43.2. The molecule has 0 saturated heterocycles. The maximum atomic E-state index is 11.8. The van der Waals surface area contributed by atoms with E-state index in [-0.39, 0.29) is 18.7 Å². The molecule has 0 aromatic carbocycles. The van der Waals surface area contributed by atoms with Crippen LogP contribution in [0.2, 0.25) is 0 Å². The number of carboxylic acid groups (broad SMARTS) is 1. The lowest BCUT2D eigenvalue weighted by atomic mass is 10.0. The Balaban J connectivity index is 3.38. The third-order valence-corrected chi connectivity index (χ3v) is 5.14. The van der Waals surface area contributed by atoms with Crippen molar-refractivity contribution in [3.05, 3.63) is 0 Å². The average Bonchev–Trinajstić information content (AvgIpc) is 2.70. The van der Waals surface area contributed by atoms with Crippen molar-refractivity contribution >= 4 is 24.4 Å². The summed E-state index contributed by atoms with van der Waals surface area (Å²) in [5.74, 6) is -1.37. The molecule has 6 heteroatoms. The van der Waals surface area contributed by atoms with E-state index < -0.39 is 12.0 Å². The first-order valence-corrected chi connectivity index (χ1v) is 11.4. The van der Waals surface area contributed by atoms with Crippen LogP contribution in [-0.2, 0) is 19.2 Å². The number of hydrogen-bond donors (Lipinski definition) is 2. The van der Waals surface area contributed by atoms with Crippen LogP contribution in [0.4, 0.5) is 0 Å². The van der Waals surface area contributed by atoms with Gasteiger partial charge in [0.2, 0.25) is 5.91 Å². The number of carboxylic acids is 1. The molecule has 1 radical (unpaired) electrons. The number of amides is 1. The summed E-state index contributed by atoms with van der Waals surface area (Å²) < 4.78 is 0. The zero-order valence-electron chi connectivity index (χ0n) is 18.0. The van der Waals surface area contributed by atoms with E-state index in [2.05, 4.69) is 5.32 Å². The van der Waals surface area contributed by atoms with E-state index in [0.29, 0.717) is 12.8 Å². The highest BCUT2D eigenvalue weighted by molar-refractivity contribution is 5.83. The number of rotatable bonds is 22. The van der Waals surface area contributed by atoms with Gasteiger partial charge in [-0.25, -0.2) is 4.79 Å². The molecule has 0 heterocycles. The first-order chi connectivity index (χ1) is 14.1. The van der Waals surface area contributed by atoms with Crippen molar-refractivity contribution in [1.82, 2.24) is 5.32 Å². The molecule has 0 saturated carbocycles. The predicted molar refractivity (Wildman–Crippen MR) is 114 cm³/mol. The van der Waals surface area contributed by atoms with E-state index in [1.165, 1.54) is 64.2 Å². The minimum Gasteiger partial charge on any atom is -0.480 e. The van der Waals surface area contributed by atoms with Crippen LogP contribution < -0.4 is 5.32 Å². The lowest BCUT2D eigenvalue weighted by Gasteiger charge is -2.12. The molecule has 0 aliphatic carbocycles. The van der Waals surface area contributed by atoms with Gasteiger partial charge in [0.05, 0.1) is 0 Å². The number of aldehydes is 1. The van der Waals surface area contributed by atoms with Gasteiger partial charge in [-0.2, -0.15) is 0 Å². The van der Waals surface area contributed by atoms with Crippen LogP contribution in [0.15, 0.2) is 0 Å². The number of hydrogen-bond acceptors (Lipinski definition) is 4. The maximum absolute atomic E-state index is 11.8. The molecular weight excluding hydrogens is 370 g/mol. The molecular formula is C23H40NO5. The monoisotopic (exact) mass is 410 g/mol. The Bertz CT molecular complexity index is 439. The third-order valence-electron chi connectivity index (χ3n) is 5.14. The zero-order valence-corrected chi connectivity index (χ0v) is 18.0. The summed E-state index contributed by atoms with van der Waals surface area (Å²) in [5, 5.41) is 11.5. The van der Waals surface area contributed by atoms with Crippen LogP contribution in [0, 0.1) is 0 Å². The van der Waals surface area contributed by atoms with Gasteiger partial charge in [0.1, 0.15) is 12.3 Å². The van der Waals surface area contributed by atoms with E-state index >= 15 is 0 Å². The Morgan fingerprint density at radius 2 is 1.24 bits per heavy atom. The maximum Gasteiger partial charge on any atom is 0.326 e. The molecule has 1 amide bonds. The summed E-state index contributed by atoms with van der Waals surface area (Å²) in [7, 11) is 0. The fraction of sp³-hybridized carbons (Fsp3) is 0.826. The molecule has 0 fully saturated rings. The quantitative estimate of drug-likeness (QED) is 0.196. The van der Waals surface area contributed by atoms with E-state index in [0.717, 1.165) is 32.0 Å². The topological polar surface area (TPSA) is 101 Å². The van der Waals surface area contributed by atoms with Gasteiger partial charge < -0.3 is 15.2 Å². The Morgan fingerprint density at radius 3 is 1.66 bits per heavy atom. The summed E-state index contributed by atoms with van der Waals surface area (Å²) in [6.07, 6.45) is 20.3. The summed E-state index contributed by atoms with van der Waals surface area (Å²) in [5.41, 5.74) is 0. The van der Waals surface area contributed by atoms with Crippen molar-refractivity contribution in [3.63, 3.8) is 0 Å². The molecule has 0 aliphatic heterocycles. The molecule has 2 N–H and O–H groups in total. The summed E-state index contributed by atoms with van der Waals surface area (Å²) in [6, 6.07) is -0.994. The highest BCUT2D eigenvalue weighted by atomic mass is 16.4. The van der Waals surface area contributed by atoms with Crippen molar-refractivity contribution in [2.24, 2.45) is 0 Å². The number of carbonyl (C=O) groups is 3. The van der Waals surface area contributed by atoms with Crippen molar-refractivity contribution in [1.29, 1.82) is 0 Å². The van der Waals surface area contributed by atoms with Gasteiger partial charge in [-0.1, -0.05) is 77.0 Å². The second-order valence-electron chi connectivity index (χ2n) is 7.80. The standard InChI is InChI=1S/C23H40NO5/c25-19-15-13-11-9-7-5-3-1-2-4-6-8-10-12-14-18-22(27)24-21(23(28)29)17-16-20-26/h19,21H,1-18H2,(H,24,27)(H,28,29)/t21-/m0/s1. The van der Waals surface area contributed by atoms with E-state index in [4.69, 9.17) is 5.11 Å². The van der Waals surface area contributed by atoms with Gasteiger partial charge >= 0.3 is 5.97 Å². The minimum atomic E-state index is -1.11. The Hall–Kier alpha value is -1.72. The van der Waals surface area contributed by atoms with Crippen LogP contribution in [-0.4, -0.2) is 35.6 Å². The lowest BCUT2D eigenvalue weighted by molar-refractivity contribution is -0.142. The normalized spacial score (nSPS) is 11.7. The average molecular weight is 411 g/mol. The fourth-order valence-corrected chi connectivity index (χ4v) is 3.36.